The third kappa shape index (κ3) is 10.3. The second kappa shape index (κ2) is 17.3. The molecule has 1 aromatic rings. The molecule has 3 fully saturated rings. The number of rotatable bonds is 9. The first-order valence-corrected chi connectivity index (χ1v) is 15.1. The summed E-state index contributed by atoms with van der Waals surface area (Å²) in [7, 11) is 0. The summed E-state index contributed by atoms with van der Waals surface area (Å²) in [6.07, 6.45) is 5.12. The van der Waals surface area contributed by atoms with Crippen LogP contribution in [0.15, 0.2) is 18.2 Å². The fraction of sp³-hybridized carbons (Fsp3) is 0.774. The summed E-state index contributed by atoms with van der Waals surface area (Å²) in [5, 5.41) is 20.6. The number of nitrogens with two attached hydrogens (primary N) is 1. The summed E-state index contributed by atoms with van der Waals surface area (Å²) in [5.41, 5.74) is 8.04. The number of benzene rings is 1. The summed E-state index contributed by atoms with van der Waals surface area (Å²) in [5.74, 6) is 0.560. The van der Waals surface area contributed by atoms with Gasteiger partial charge in [0.2, 0.25) is 5.91 Å². The average Bonchev–Trinajstić information content (AvgIpc) is 3.29. The normalized spacial score (nSPS) is 26.7. The van der Waals surface area contributed by atoms with Crippen molar-refractivity contribution in [2.75, 3.05) is 52.7 Å². The number of carbonyl (C=O) groups is 1. The van der Waals surface area contributed by atoms with E-state index in [1.165, 1.54) is 30.7 Å². The number of morpholine rings is 1. The van der Waals surface area contributed by atoms with Crippen molar-refractivity contribution >= 4 is 5.91 Å². The van der Waals surface area contributed by atoms with Gasteiger partial charge in [0, 0.05) is 31.1 Å². The summed E-state index contributed by atoms with van der Waals surface area (Å²) >= 11 is 0. The van der Waals surface area contributed by atoms with Gasteiger partial charge < -0.3 is 25.4 Å². The van der Waals surface area contributed by atoms with Crippen molar-refractivity contribution in [1.82, 2.24) is 9.96 Å². The van der Waals surface area contributed by atoms with E-state index in [0.717, 1.165) is 55.6 Å². The van der Waals surface area contributed by atoms with Gasteiger partial charge in [-0.2, -0.15) is 5.06 Å². The fourth-order valence-electron chi connectivity index (χ4n) is 6.00. The Balaban J connectivity index is 0.000000428. The second-order valence-electron chi connectivity index (χ2n) is 11.8. The Morgan fingerprint density at radius 1 is 1.18 bits per heavy atom. The van der Waals surface area contributed by atoms with Gasteiger partial charge in [-0.3, -0.25) is 14.5 Å². The van der Waals surface area contributed by atoms with Gasteiger partial charge in [-0.25, -0.2) is 0 Å². The molecule has 2 saturated heterocycles. The Hall–Kier alpha value is -1.75. The zero-order valence-corrected chi connectivity index (χ0v) is 25.7. The number of aliphatic hydroxyl groups excluding tert-OH is 2. The lowest BCUT2D eigenvalue weighted by Crippen LogP contribution is -2.44. The number of hydroxylamine groups is 2. The lowest BCUT2D eigenvalue weighted by Gasteiger charge is -2.33. The van der Waals surface area contributed by atoms with Gasteiger partial charge in [-0.05, 0) is 36.7 Å². The molecular weight excluding hydrogens is 510 g/mol. The number of aryl methyl sites for hydroxylation is 1. The average molecular weight is 566 g/mol. The predicted octanol–water partition coefficient (Wildman–Crippen LogP) is 3.53. The monoisotopic (exact) mass is 565 g/mol. The molecule has 1 aliphatic carbocycles. The van der Waals surface area contributed by atoms with E-state index >= 15 is 0 Å². The second-order valence-corrected chi connectivity index (χ2v) is 11.8. The number of carbonyl (C=O) groups excluding carboxylic acids is 1. The largest absolute Gasteiger partial charge is 0.492 e. The van der Waals surface area contributed by atoms with Gasteiger partial charge >= 0.3 is 0 Å². The molecule has 0 spiro atoms. The molecule has 0 aromatic heterocycles. The molecule has 2 heterocycles. The number of hydrogen-bond acceptors (Lipinski definition) is 8. The minimum atomic E-state index is -0.820. The van der Waals surface area contributed by atoms with Gasteiger partial charge in [0.1, 0.15) is 24.5 Å². The molecule has 2 aliphatic heterocycles. The highest BCUT2D eigenvalue weighted by Gasteiger charge is 2.46. The van der Waals surface area contributed by atoms with Crippen molar-refractivity contribution in [2.24, 2.45) is 23.0 Å². The van der Waals surface area contributed by atoms with E-state index in [2.05, 4.69) is 25.7 Å². The lowest BCUT2D eigenvalue weighted by molar-refractivity contribution is -0.180. The van der Waals surface area contributed by atoms with Crippen LogP contribution in [0.1, 0.15) is 71.4 Å². The maximum absolute atomic E-state index is 12.0. The van der Waals surface area contributed by atoms with E-state index in [1.54, 1.807) is 0 Å². The van der Waals surface area contributed by atoms with Crippen LogP contribution < -0.4 is 10.5 Å². The molecule has 3 aliphatic rings. The highest BCUT2D eigenvalue weighted by Crippen LogP contribution is 2.38. The van der Waals surface area contributed by atoms with Crippen molar-refractivity contribution in [3.05, 3.63) is 29.3 Å². The number of hydrogen-bond donors (Lipinski definition) is 3. The first-order chi connectivity index (χ1) is 19.1. The quantitative estimate of drug-likeness (QED) is 0.416. The number of amides is 1. The van der Waals surface area contributed by atoms with Crippen molar-refractivity contribution in [3.63, 3.8) is 0 Å². The Morgan fingerprint density at radius 2 is 1.88 bits per heavy atom. The lowest BCUT2D eigenvalue weighted by atomic mass is 9.73. The molecule has 230 valence electrons. The van der Waals surface area contributed by atoms with Crippen LogP contribution in [0, 0.1) is 24.2 Å². The van der Waals surface area contributed by atoms with Crippen molar-refractivity contribution < 1.29 is 29.3 Å². The molecule has 4 N–H and O–H groups in total. The van der Waals surface area contributed by atoms with Crippen molar-refractivity contribution in [1.29, 1.82) is 0 Å². The smallest absolute Gasteiger partial charge is 0.237 e. The molecule has 9 heteroatoms. The summed E-state index contributed by atoms with van der Waals surface area (Å²) in [6, 6.07) is 4.98. The molecule has 4 atom stereocenters. The molecular formula is C31H55N3O6. The van der Waals surface area contributed by atoms with Crippen molar-refractivity contribution in [2.45, 2.75) is 85.9 Å². The number of aliphatic hydroxyl groups is 2. The molecule has 1 saturated carbocycles. The van der Waals surface area contributed by atoms with E-state index in [4.69, 9.17) is 20.0 Å². The zero-order valence-electron chi connectivity index (χ0n) is 25.7. The van der Waals surface area contributed by atoms with E-state index in [9.17, 15) is 15.0 Å². The summed E-state index contributed by atoms with van der Waals surface area (Å²) in [4.78, 5) is 20.0. The SMILES string of the molecule is CC.CC1CCCC(C)(C)C1.Cc1cccc(CN2OC(CO)C(CO)C2C(N)=O)c1OCCN1CCOCC1. The van der Waals surface area contributed by atoms with Crippen LogP contribution in [0.2, 0.25) is 0 Å². The van der Waals surface area contributed by atoms with Crippen LogP contribution in [-0.2, 0) is 20.9 Å². The zero-order chi connectivity index (χ0) is 29.7. The molecule has 9 nitrogen and oxygen atoms in total. The van der Waals surface area contributed by atoms with Crippen LogP contribution in [0.5, 0.6) is 5.75 Å². The highest BCUT2D eigenvalue weighted by molar-refractivity contribution is 5.80. The van der Waals surface area contributed by atoms with E-state index in [-0.39, 0.29) is 19.8 Å². The van der Waals surface area contributed by atoms with E-state index < -0.39 is 24.0 Å². The first-order valence-electron chi connectivity index (χ1n) is 15.1. The summed E-state index contributed by atoms with van der Waals surface area (Å²) < 4.78 is 11.5. The molecule has 4 unspecified atom stereocenters. The molecule has 0 radical (unpaired) electrons. The highest BCUT2D eigenvalue weighted by atomic mass is 16.7. The Morgan fingerprint density at radius 3 is 2.42 bits per heavy atom. The number of para-hydroxylation sites is 1. The van der Waals surface area contributed by atoms with E-state index in [1.807, 2.05) is 39.0 Å². The Kier molecular flexibility index (Phi) is 14.9. The maximum Gasteiger partial charge on any atom is 0.237 e. The van der Waals surface area contributed by atoms with Gasteiger partial charge in [-0.1, -0.05) is 65.7 Å². The van der Waals surface area contributed by atoms with E-state index in [0.29, 0.717) is 12.0 Å². The van der Waals surface area contributed by atoms with Gasteiger partial charge in [-0.15, -0.1) is 0 Å². The minimum Gasteiger partial charge on any atom is -0.492 e. The van der Waals surface area contributed by atoms with Crippen LogP contribution in [0.3, 0.4) is 0 Å². The number of primary amides is 1. The van der Waals surface area contributed by atoms with Crippen LogP contribution in [0.25, 0.3) is 0 Å². The minimum absolute atomic E-state index is 0.259. The standard InChI is InChI=1S/C20H31N3O6.C9H18.C2H6/c1-14-3-2-4-15(19(14)28-10-7-22-5-8-27-9-6-22)11-23-18(20(21)26)16(12-24)17(13-25)29-23;1-8-5-4-6-9(2,3)7-8;1-2/h2-4,16-18,24-25H,5-13H2,1H3,(H2,21,26);8H,4-7H2,1-3H3;1-2H3. The molecule has 40 heavy (non-hydrogen) atoms. The molecule has 1 amide bonds. The van der Waals surface area contributed by atoms with Crippen molar-refractivity contribution in [3.8, 4) is 5.75 Å². The van der Waals surface area contributed by atoms with Gasteiger partial charge in [0.15, 0.2) is 0 Å². The molecule has 4 rings (SSSR count). The molecule has 0 bridgehead atoms. The van der Waals surface area contributed by atoms with Gasteiger partial charge in [0.05, 0.1) is 33.0 Å². The fourth-order valence-corrected chi connectivity index (χ4v) is 6.00. The Bertz CT molecular complexity index is 877. The maximum atomic E-state index is 12.0. The number of nitrogens with zero attached hydrogens (tertiary/aromatic N) is 2. The topological polar surface area (TPSA) is 118 Å². The molecule has 1 aromatic carbocycles. The third-order valence-electron chi connectivity index (χ3n) is 7.98. The first kappa shape index (κ1) is 34.5. The van der Waals surface area contributed by atoms with Crippen LogP contribution in [-0.4, -0.2) is 90.9 Å². The summed E-state index contributed by atoms with van der Waals surface area (Å²) in [6.45, 7) is 17.4. The third-order valence-corrected chi connectivity index (χ3v) is 7.98. The van der Waals surface area contributed by atoms with Gasteiger partial charge in [0.25, 0.3) is 0 Å². The van der Waals surface area contributed by atoms with Crippen LogP contribution in [0.4, 0.5) is 0 Å². The Labute approximate surface area is 241 Å². The van der Waals surface area contributed by atoms with Crippen LogP contribution >= 0.6 is 0 Å². The predicted molar refractivity (Wildman–Crippen MR) is 158 cm³/mol. The number of ether oxygens (including phenoxy) is 2.